The molecule has 0 bridgehead atoms. The van der Waals surface area contributed by atoms with Gasteiger partial charge in [0.25, 0.3) is 5.69 Å². The molecule has 0 aliphatic rings. The summed E-state index contributed by atoms with van der Waals surface area (Å²) in [6.07, 6.45) is 1.81. The molecule has 1 aromatic heterocycles. The van der Waals surface area contributed by atoms with E-state index in [0.29, 0.717) is 12.0 Å². The van der Waals surface area contributed by atoms with E-state index in [1.165, 1.54) is 36.2 Å². The maximum Gasteiger partial charge on any atom is 0.271 e. The fourth-order valence-electron chi connectivity index (χ4n) is 1.47. The highest BCUT2D eigenvalue weighted by Crippen LogP contribution is 2.27. The summed E-state index contributed by atoms with van der Waals surface area (Å²) < 4.78 is 6.26. The molecule has 0 radical (unpaired) electrons. The Morgan fingerprint density at radius 3 is 2.89 bits per heavy atom. The quantitative estimate of drug-likeness (QED) is 0.454. The average Bonchev–Trinajstić information content (AvgIpc) is 2.85. The van der Waals surface area contributed by atoms with Gasteiger partial charge in [0.1, 0.15) is 17.1 Å². The average molecular weight is 248 g/mol. The number of aromatic nitrogens is 3. The number of rotatable bonds is 4. The second-order valence-electron chi connectivity index (χ2n) is 3.30. The Labute approximate surface area is 101 Å². The van der Waals surface area contributed by atoms with Crippen molar-refractivity contribution in [3.63, 3.8) is 0 Å². The van der Waals surface area contributed by atoms with Crippen molar-refractivity contribution in [2.75, 3.05) is 7.11 Å². The summed E-state index contributed by atoms with van der Waals surface area (Å²) >= 11 is 0. The number of carbonyl (C=O) groups is 1. The maximum absolute atomic E-state index is 10.8. The number of hydrogen-bond donors (Lipinski definition) is 0. The molecule has 92 valence electrons. The van der Waals surface area contributed by atoms with E-state index < -0.39 is 4.92 Å². The largest absolute Gasteiger partial charge is 0.494 e. The van der Waals surface area contributed by atoms with Gasteiger partial charge < -0.3 is 4.74 Å². The van der Waals surface area contributed by atoms with Crippen LogP contribution in [0.25, 0.3) is 5.69 Å². The number of ether oxygens (including phenoxy) is 1. The fourth-order valence-corrected chi connectivity index (χ4v) is 1.47. The highest BCUT2D eigenvalue weighted by Gasteiger charge is 2.15. The van der Waals surface area contributed by atoms with Crippen LogP contribution >= 0.6 is 0 Å². The Hall–Kier alpha value is -2.77. The number of carbonyl (C=O) groups excluding carboxylic acids is 1. The topological polar surface area (TPSA) is 100 Å². The third-order valence-corrected chi connectivity index (χ3v) is 2.30. The Morgan fingerprint density at radius 1 is 1.50 bits per heavy atom. The van der Waals surface area contributed by atoms with E-state index in [-0.39, 0.29) is 17.1 Å². The Bertz CT molecular complexity index is 608. The zero-order valence-electron chi connectivity index (χ0n) is 9.31. The maximum atomic E-state index is 10.8. The van der Waals surface area contributed by atoms with Gasteiger partial charge in [-0.1, -0.05) is 5.21 Å². The molecular formula is C10H8N4O4. The van der Waals surface area contributed by atoms with Gasteiger partial charge in [-0.2, -0.15) is 0 Å². The first-order valence-corrected chi connectivity index (χ1v) is 4.86. The lowest BCUT2D eigenvalue weighted by Crippen LogP contribution is -2.04. The minimum Gasteiger partial charge on any atom is -0.494 e. The number of benzene rings is 1. The molecule has 0 amide bonds. The number of nitro groups is 1. The second-order valence-corrected chi connectivity index (χ2v) is 3.30. The zero-order valence-corrected chi connectivity index (χ0v) is 9.31. The summed E-state index contributed by atoms with van der Waals surface area (Å²) in [4.78, 5) is 21.0. The predicted molar refractivity (Wildman–Crippen MR) is 60.0 cm³/mol. The van der Waals surface area contributed by atoms with Gasteiger partial charge in [-0.05, 0) is 6.07 Å². The van der Waals surface area contributed by atoms with Gasteiger partial charge in [-0.3, -0.25) is 14.9 Å². The first-order chi connectivity index (χ1) is 8.67. The smallest absolute Gasteiger partial charge is 0.271 e. The third kappa shape index (κ3) is 1.90. The lowest BCUT2D eigenvalue weighted by Gasteiger charge is -2.08. The van der Waals surface area contributed by atoms with Crippen molar-refractivity contribution in [1.29, 1.82) is 0 Å². The summed E-state index contributed by atoms with van der Waals surface area (Å²) in [7, 11) is 1.42. The molecular weight excluding hydrogens is 240 g/mol. The minimum absolute atomic E-state index is 0.127. The van der Waals surface area contributed by atoms with E-state index in [1.807, 2.05) is 0 Å². The highest BCUT2D eigenvalue weighted by molar-refractivity contribution is 5.73. The molecule has 0 saturated heterocycles. The molecule has 1 heterocycles. The van der Waals surface area contributed by atoms with Crippen molar-refractivity contribution in [3.8, 4) is 11.4 Å². The van der Waals surface area contributed by atoms with E-state index in [2.05, 4.69) is 10.3 Å². The first kappa shape index (κ1) is 11.7. The number of methoxy groups -OCH3 is 1. The third-order valence-electron chi connectivity index (χ3n) is 2.30. The summed E-state index contributed by atoms with van der Waals surface area (Å²) in [6.45, 7) is 0. The number of non-ortho nitro benzene ring substituents is 1. The Morgan fingerprint density at radius 2 is 2.28 bits per heavy atom. The molecule has 0 fully saturated rings. The first-order valence-electron chi connectivity index (χ1n) is 4.86. The molecule has 0 saturated carbocycles. The normalized spacial score (nSPS) is 10.1. The summed E-state index contributed by atoms with van der Waals surface area (Å²) in [5.41, 5.74) is 0.332. The van der Waals surface area contributed by atoms with Gasteiger partial charge in [-0.15, -0.1) is 5.10 Å². The van der Waals surface area contributed by atoms with Crippen molar-refractivity contribution < 1.29 is 14.5 Å². The van der Waals surface area contributed by atoms with Crippen LogP contribution < -0.4 is 4.74 Å². The van der Waals surface area contributed by atoms with Crippen molar-refractivity contribution in [1.82, 2.24) is 15.0 Å². The van der Waals surface area contributed by atoms with Crippen LogP contribution in [-0.4, -0.2) is 33.3 Å². The second kappa shape index (κ2) is 4.62. The summed E-state index contributed by atoms with van der Waals surface area (Å²) in [5, 5.41) is 18.0. The number of nitrogens with zero attached hydrogens (tertiary/aromatic N) is 4. The van der Waals surface area contributed by atoms with E-state index in [9.17, 15) is 14.9 Å². The van der Waals surface area contributed by atoms with E-state index in [0.717, 1.165) is 0 Å². The van der Waals surface area contributed by atoms with Gasteiger partial charge >= 0.3 is 0 Å². The number of aldehydes is 1. The molecule has 2 rings (SSSR count). The van der Waals surface area contributed by atoms with Crippen LogP contribution in [0.5, 0.6) is 5.75 Å². The van der Waals surface area contributed by atoms with Crippen LogP contribution in [0, 0.1) is 10.1 Å². The standard InChI is InChI=1S/C10H8N4O4/c1-18-10-3-2-7(14(16)17)4-9(10)13-8(6-15)5-11-12-13/h2-6H,1H3. The molecule has 0 unspecified atom stereocenters. The van der Waals surface area contributed by atoms with Crippen LogP contribution in [0.1, 0.15) is 10.5 Å². The van der Waals surface area contributed by atoms with Gasteiger partial charge in [0.15, 0.2) is 6.29 Å². The van der Waals surface area contributed by atoms with Crippen LogP contribution in [-0.2, 0) is 0 Å². The molecule has 0 atom stereocenters. The molecule has 0 N–H and O–H groups in total. The predicted octanol–water partition coefficient (Wildman–Crippen LogP) is 0.997. The SMILES string of the molecule is COc1ccc([N+](=O)[O-])cc1-n1nncc1C=O. The molecule has 2 aromatic rings. The summed E-state index contributed by atoms with van der Waals surface area (Å²) in [5.74, 6) is 0.356. The molecule has 8 nitrogen and oxygen atoms in total. The van der Waals surface area contributed by atoms with Crippen LogP contribution in [0.2, 0.25) is 0 Å². The molecule has 18 heavy (non-hydrogen) atoms. The van der Waals surface area contributed by atoms with Crippen LogP contribution in [0.3, 0.4) is 0 Å². The number of nitro benzene ring substituents is 1. The fraction of sp³-hybridized carbons (Fsp3) is 0.100. The highest BCUT2D eigenvalue weighted by atomic mass is 16.6. The van der Waals surface area contributed by atoms with Crippen molar-refractivity contribution in [2.24, 2.45) is 0 Å². The minimum atomic E-state index is -0.541. The van der Waals surface area contributed by atoms with Gasteiger partial charge in [0, 0.05) is 12.1 Å². The van der Waals surface area contributed by atoms with Gasteiger partial charge in [0.2, 0.25) is 0 Å². The van der Waals surface area contributed by atoms with E-state index in [4.69, 9.17) is 4.74 Å². The van der Waals surface area contributed by atoms with Crippen LogP contribution in [0.15, 0.2) is 24.4 Å². The number of hydrogen-bond acceptors (Lipinski definition) is 6. The molecule has 0 spiro atoms. The van der Waals surface area contributed by atoms with Crippen LogP contribution in [0.4, 0.5) is 5.69 Å². The molecule has 0 aliphatic heterocycles. The summed E-state index contributed by atoms with van der Waals surface area (Å²) in [6, 6.07) is 4.00. The van der Waals surface area contributed by atoms with Crippen molar-refractivity contribution in [3.05, 3.63) is 40.2 Å². The Kier molecular flexibility index (Phi) is 3.00. The lowest BCUT2D eigenvalue weighted by atomic mass is 10.2. The molecule has 8 heteroatoms. The molecule has 1 aromatic carbocycles. The van der Waals surface area contributed by atoms with E-state index in [1.54, 1.807) is 0 Å². The molecule has 0 aliphatic carbocycles. The monoisotopic (exact) mass is 248 g/mol. The van der Waals surface area contributed by atoms with Gasteiger partial charge in [0.05, 0.1) is 18.2 Å². The van der Waals surface area contributed by atoms with Crippen molar-refractivity contribution >= 4 is 12.0 Å². The van der Waals surface area contributed by atoms with Crippen molar-refractivity contribution in [2.45, 2.75) is 0 Å². The van der Waals surface area contributed by atoms with Gasteiger partial charge in [-0.25, -0.2) is 4.68 Å². The van der Waals surface area contributed by atoms with E-state index >= 15 is 0 Å². The zero-order chi connectivity index (χ0) is 13.1. The Balaban J connectivity index is 2.64. The lowest BCUT2D eigenvalue weighted by molar-refractivity contribution is -0.384.